The van der Waals surface area contributed by atoms with Gasteiger partial charge < -0.3 is 24.6 Å². The fourth-order valence-electron chi connectivity index (χ4n) is 2.58. The summed E-state index contributed by atoms with van der Waals surface area (Å²) in [4.78, 5) is 27.2. The molecule has 0 radical (unpaired) electrons. The molecule has 0 aliphatic carbocycles. The molecule has 0 aromatic heterocycles. The molecule has 1 N–H and O–H groups in total. The molecular formula is C12H21N3O4. The van der Waals surface area contributed by atoms with E-state index in [1.807, 2.05) is 6.92 Å². The minimum absolute atomic E-state index is 0.0314. The Balaban J connectivity index is 2.00. The van der Waals surface area contributed by atoms with Crippen molar-refractivity contribution in [2.24, 2.45) is 0 Å². The van der Waals surface area contributed by atoms with Gasteiger partial charge in [0.1, 0.15) is 6.61 Å². The monoisotopic (exact) mass is 271 g/mol. The van der Waals surface area contributed by atoms with Crippen molar-refractivity contribution in [1.82, 2.24) is 15.1 Å². The van der Waals surface area contributed by atoms with Gasteiger partial charge in [-0.05, 0) is 6.92 Å². The topological polar surface area (TPSA) is 71.1 Å². The number of fused-ring (bicyclic) bond motifs is 1. The van der Waals surface area contributed by atoms with Gasteiger partial charge in [0.2, 0.25) is 5.91 Å². The normalized spacial score (nSPS) is 26.5. The van der Waals surface area contributed by atoms with Crippen LogP contribution in [0.5, 0.6) is 0 Å². The quantitative estimate of drug-likeness (QED) is 0.732. The van der Waals surface area contributed by atoms with Crippen LogP contribution in [0.25, 0.3) is 0 Å². The van der Waals surface area contributed by atoms with Gasteiger partial charge in [-0.15, -0.1) is 0 Å². The summed E-state index contributed by atoms with van der Waals surface area (Å²) in [5.74, 6) is -0.0314. The van der Waals surface area contributed by atoms with Gasteiger partial charge in [0, 0.05) is 26.7 Å². The Kier molecular flexibility index (Phi) is 4.60. The Bertz CT molecular complexity index is 350. The second-order valence-corrected chi connectivity index (χ2v) is 4.74. The Morgan fingerprint density at radius 1 is 1.53 bits per heavy atom. The summed E-state index contributed by atoms with van der Waals surface area (Å²) < 4.78 is 10.6. The van der Waals surface area contributed by atoms with E-state index >= 15 is 0 Å². The smallest absolute Gasteiger partial charge is 0.317 e. The van der Waals surface area contributed by atoms with Crippen molar-refractivity contribution in [3.05, 3.63) is 0 Å². The number of rotatable bonds is 4. The van der Waals surface area contributed by atoms with Crippen LogP contribution in [0.2, 0.25) is 0 Å². The first-order valence-corrected chi connectivity index (χ1v) is 6.60. The van der Waals surface area contributed by atoms with Crippen molar-refractivity contribution in [3.63, 3.8) is 0 Å². The lowest BCUT2D eigenvalue weighted by atomic mass is 10.1. The van der Waals surface area contributed by atoms with Gasteiger partial charge in [-0.25, -0.2) is 4.79 Å². The highest BCUT2D eigenvalue weighted by Crippen LogP contribution is 2.23. The van der Waals surface area contributed by atoms with E-state index in [1.54, 1.807) is 16.9 Å². The third-order valence-electron chi connectivity index (χ3n) is 3.53. The third-order valence-corrected chi connectivity index (χ3v) is 3.53. The lowest BCUT2D eigenvalue weighted by molar-refractivity contribution is -0.153. The van der Waals surface area contributed by atoms with Crippen LogP contribution in [0.1, 0.15) is 6.92 Å². The highest BCUT2D eigenvalue weighted by atomic mass is 16.5. The number of ether oxygens (including phenoxy) is 2. The van der Waals surface area contributed by atoms with Crippen LogP contribution in [0.3, 0.4) is 0 Å². The van der Waals surface area contributed by atoms with E-state index in [2.05, 4.69) is 5.32 Å². The average Bonchev–Trinajstić information content (AvgIpc) is 2.82. The molecule has 0 aromatic carbocycles. The molecule has 3 amide bonds. The summed E-state index contributed by atoms with van der Waals surface area (Å²) in [5, 5.41) is 2.77. The first-order valence-electron chi connectivity index (χ1n) is 6.60. The van der Waals surface area contributed by atoms with E-state index in [-0.39, 0.29) is 30.7 Å². The Morgan fingerprint density at radius 3 is 3.00 bits per heavy atom. The molecule has 2 saturated heterocycles. The van der Waals surface area contributed by atoms with Crippen LogP contribution in [-0.4, -0.2) is 80.4 Å². The van der Waals surface area contributed by atoms with Crippen molar-refractivity contribution in [2.75, 3.05) is 46.5 Å². The molecule has 0 aromatic rings. The first kappa shape index (κ1) is 14.1. The summed E-state index contributed by atoms with van der Waals surface area (Å²) in [7, 11) is 1.61. The number of carbonyl (C=O) groups is 2. The van der Waals surface area contributed by atoms with Gasteiger partial charge >= 0.3 is 6.03 Å². The molecule has 2 heterocycles. The predicted octanol–water partition coefficient (Wildman–Crippen LogP) is -0.726. The SMILES string of the molecule is CCNC(=O)N1CC2OCC(=O)N(CCOC)C2C1. The number of nitrogens with zero attached hydrogens (tertiary/aromatic N) is 2. The van der Waals surface area contributed by atoms with E-state index in [0.717, 1.165) is 0 Å². The minimum Gasteiger partial charge on any atom is -0.383 e. The molecule has 7 heteroatoms. The number of likely N-dealkylation sites (tertiary alicyclic amines) is 1. The van der Waals surface area contributed by atoms with Crippen LogP contribution in [0.4, 0.5) is 4.79 Å². The van der Waals surface area contributed by atoms with Gasteiger partial charge in [0.15, 0.2) is 0 Å². The molecule has 2 aliphatic heterocycles. The summed E-state index contributed by atoms with van der Waals surface area (Å²) >= 11 is 0. The van der Waals surface area contributed by atoms with Gasteiger partial charge in [-0.2, -0.15) is 0 Å². The van der Waals surface area contributed by atoms with Crippen LogP contribution < -0.4 is 5.32 Å². The minimum atomic E-state index is -0.0976. The van der Waals surface area contributed by atoms with E-state index < -0.39 is 0 Å². The molecule has 7 nitrogen and oxygen atoms in total. The maximum Gasteiger partial charge on any atom is 0.317 e. The van der Waals surface area contributed by atoms with Crippen LogP contribution >= 0.6 is 0 Å². The van der Waals surface area contributed by atoms with Gasteiger partial charge in [0.25, 0.3) is 0 Å². The van der Waals surface area contributed by atoms with Gasteiger partial charge in [-0.1, -0.05) is 0 Å². The fourth-order valence-corrected chi connectivity index (χ4v) is 2.58. The van der Waals surface area contributed by atoms with Crippen molar-refractivity contribution in [1.29, 1.82) is 0 Å². The van der Waals surface area contributed by atoms with Crippen molar-refractivity contribution in [3.8, 4) is 0 Å². The molecular weight excluding hydrogens is 250 g/mol. The number of nitrogens with one attached hydrogen (secondary N) is 1. The zero-order chi connectivity index (χ0) is 13.8. The molecule has 0 saturated carbocycles. The van der Waals surface area contributed by atoms with Crippen LogP contribution in [0, 0.1) is 0 Å². The number of morpholine rings is 1. The second kappa shape index (κ2) is 6.21. The highest BCUT2D eigenvalue weighted by molar-refractivity contribution is 5.79. The molecule has 2 fully saturated rings. The molecule has 2 unspecified atom stereocenters. The van der Waals surface area contributed by atoms with Gasteiger partial charge in [0.05, 0.1) is 25.3 Å². The molecule has 2 atom stereocenters. The standard InChI is InChI=1S/C12H21N3O4/c1-3-13-12(17)14-6-9-10(7-14)19-8-11(16)15(9)4-5-18-2/h9-10H,3-8H2,1-2H3,(H,13,17). The maximum atomic E-state index is 11.9. The highest BCUT2D eigenvalue weighted by Gasteiger charge is 2.44. The number of carbonyl (C=O) groups excluding carboxylic acids is 2. The summed E-state index contributed by atoms with van der Waals surface area (Å²) in [6.07, 6.45) is -0.0860. The van der Waals surface area contributed by atoms with Gasteiger partial charge in [-0.3, -0.25) is 4.79 Å². The summed E-state index contributed by atoms with van der Waals surface area (Å²) in [5.41, 5.74) is 0. The third kappa shape index (κ3) is 2.98. The zero-order valence-electron chi connectivity index (χ0n) is 11.4. The van der Waals surface area contributed by atoms with Crippen molar-refractivity contribution < 1.29 is 19.1 Å². The molecule has 108 valence electrons. The Morgan fingerprint density at radius 2 is 2.32 bits per heavy atom. The molecule has 0 spiro atoms. The number of urea groups is 1. The lowest BCUT2D eigenvalue weighted by Gasteiger charge is -2.36. The average molecular weight is 271 g/mol. The first-order chi connectivity index (χ1) is 9.17. The summed E-state index contributed by atoms with van der Waals surface area (Å²) in [6.45, 7) is 4.66. The molecule has 2 rings (SSSR count). The Labute approximate surface area is 112 Å². The number of amides is 3. The Hall–Kier alpha value is -1.34. The summed E-state index contributed by atoms with van der Waals surface area (Å²) in [6, 6.07) is -0.154. The van der Waals surface area contributed by atoms with Crippen molar-refractivity contribution in [2.45, 2.75) is 19.1 Å². The van der Waals surface area contributed by atoms with E-state index in [4.69, 9.17) is 9.47 Å². The second-order valence-electron chi connectivity index (χ2n) is 4.74. The number of hydrogen-bond acceptors (Lipinski definition) is 4. The maximum absolute atomic E-state index is 11.9. The molecule has 2 aliphatic rings. The van der Waals surface area contributed by atoms with Crippen molar-refractivity contribution >= 4 is 11.9 Å². The number of hydrogen-bond donors (Lipinski definition) is 1. The van der Waals surface area contributed by atoms with Crippen LogP contribution in [0.15, 0.2) is 0 Å². The van der Waals surface area contributed by atoms with E-state index in [9.17, 15) is 9.59 Å². The number of methoxy groups -OCH3 is 1. The predicted molar refractivity (Wildman–Crippen MR) is 67.8 cm³/mol. The zero-order valence-corrected chi connectivity index (χ0v) is 11.4. The molecule has 19 heavy (non-hydrogen) atoms. The van der Waals surface area contributed by atoms with E-state index in [0.29, 0.717) is 32.8 Å². The lowest BCUT2D eigenvalue weighted by Crippen LogP contribution is -2.54. The molecule has 0 bridgehead atoms. The largest absolute Gasteiger partial charge is 0.383 e. The fraction of sp³-hybridized carbons (Fsp3) is 0.833. The van der Waals surface area contributed by atoms with E-state index in [1.165, 1.54) is 0 Å². The van der Waals surface area contributed by atoms with Crippen LogP contribution in [-0.2, 0) is 14.3 Å².